The van der Waals surface area contributed by atoms with Gasteiger partial charge in [0.1, 0.15) is 47.1 Å². The number of aromatic nitrogens is 1. The van der Waals surface area contributed by atoms with E-state index >= 15 is 0 Å². The van der Waals surface area contributed by atoms with Crippen molar-refractivity contribution in [1.82, 2.24) is 20.1 Å². The molecule has 0 aliphatic heterocycles. The number of esters is 1. The molecule has 3 atom stereocenters. The average molecular weight is 789 g/mol. The molecular formula is C42H40F4N4O7. The van der Waals surface area contributed by atoms with Crippen LogP contribution in [0.3, 0.4) is 0 Å². The molecule has 0 aliphatic carbocycles. The largest absolute Gasteiger partial charge is 0.497 e. The van der Waals surface area contributed by atoms with Gasteiger partial charge in [-0.05, 0) is 78.6 Å². The summed E-state index contributed by atoms with van der Waals surface area (Å²) in [5.74, 6) is -6.29. The molecule has 1 aromatic heterocycles. The van der Waals surface area contributed by atoms with Crippen LogP contribution < -0.4 is 15.4 Å². The summed E-state index contributed by atoms with van der Waals surface area (Å²) in [5, 5.41) is 5.67. The molecule has 0 radical (unpaired) electrons. The summed E-state index contributed by atoms with van der Waals surface area (Å²) in [6.07, 6.45) is 0.517. The Hall–Kier alpha value is -6.51. The summed E-state index contributed by atoms with van der Waals surface area (Å²) >= 11 is 0. The molecule has 2 N–H and O–H groups in total. The van der Waals surface area contributed by atoms with Crippen LogP contribution in [-0.2, 0) is 49.7 Å². The Balaban J connectivity index is 1.43. The fourth-order valence-electron chi connectivity index (χ4n) is 6.49. The Kier molecular flexibility index (Phi) is 13.5. The Labute approximate surface area is 325 Å². The molecule has 0 fully saturated rings. The normalized spacial score (nSPS) is 12.6. The van der Waals surface area contributed by atoms with Crippen molar-refractivity contribution >= 4 is 40.5 Å². The molecule has 0 spiro atoms. The van der Waals surface area contributed by atoms with Crippen molar-refractivity contribution in [3.05, 3.63) is 137 Å². The van der Waals surface area contributed by atoms with Crippen LogP contribution in [0.2, 0.25) is 0 Å². The van der Waals surface area contributed by atoms with Gasteiger partial charge in [-0.15, -0.1) is 0 Å². The number of carbonyl (C=O) groups excluding carboxylic acids is 5. The highest BCUT2D eigenvalue weighted by Gasteiger charge is 2.35. The minimum atomic E-state index is -1.31. The van der Waals surface area contributed by atoms with E-state index < -0.39 is 77.4 Å². The number of para-hydroxylation sites is 1. The summed E-state index contributed by atoms with van der Waals surface area (Å²) in [4.78, 5) is 68.8. The lowest BCUT2D eigenvalue weighted by atomic mass is 10.0. The Morgan fingerprint density at radius 2 is 1.23 bits per heavy atom. The maximum atomic E-state index is 14.3. The lowest BCUT2D eigenvalue weighted by Crippen LogP contribution is -2.53. The van der Waals surface area contributed by atoms with Crippen LogP contribution >= 0.6 is 0 Å². The van der Waals surface area contributed by atoms with Crippen molar-refractivity contribution in [1.29, 1.82) is 0 Å². The fourth-order valence-corrected chi connectivity index (χ4v) is 6.49. The maximum absolute atomic E-state index is 14.3. The molecule has 0 bridgehead atoms. The number of ether oxygens (including phenoxy) is 2. The number of hydrogen-bond donors (Lipinski definition) is 2. The van der Waals surface area contributed by atoms with Crippen molar-refractivity contribution < 1.29 is 51.0 Å². The van der Waals surface area contributed by atoms with Gasteiger partial charge in [0, 0.05) is 36.7 Å². The number of nitrogens with zero attached hydrogens (tertiary/aromatic N) is 2. The highest BCUT2D eigenvalue weighted by Crippen LogP contribution is 2.26. The zero-order chi connectivity index (χ0) is 41.4. The maximum Gasteiger partial charge on any atom is 0.328 e. The van der Waals surface area contributed by atoms with Gasteiger partial charge in [0.05, 0.1) is 32.6 Å². The van der Waals surface area contributed by atoms with E-state index in [1.165, 1.54) is 36.6 Å². The van der Waals surface area contributed by atoms with Gasteiger partial charge in [-0.1, -0.05) is 30.3 Å². The predicted molar refractivity (Wildman–Crippen MR) is 201 cm³/mol. The molecule has 1 heterocycles. The molecule has 0 aliphatic rings. The Bertz CT molecular complexity index is 2260. The van der Waals surface area contributed by atoms with Crippen molar-refractivity contribution in [3.8, 4) is 5.75 Å². The lowest BCUT2D eigenvalue weighted by molar-refractivity contribution is -0.154. The van der Waals surface area contributed by atoms with Crippen LogP contribution in [0.1, 0.15) is 40.9 Å². The van der Waals surface area contributed by atoms with E-state index in [0.717, 1.165) is 31.4 Å². The molecule has 11 nitrogen and oxygen atoms in total. The number of fused-ring (bicyclic) bond motifs is 1. The quantitative estimate of drug-likeness (QED) is 0.106. The second-order valence-electron chi connectivity index (χ2n) is 13.4. The number of benzene rings is 4. The third-order valence-electron chi connectivity index (χ3n) is 9.16. The summed E-state index contributed by atoms with van der Waals surface area (Å²) in [5.41, 5.74) is 1.61. The van der Waals surface area contributed by atoms with Crippen molar-refractivity contribution in [3.63, 3.8) is 0 Å². The second kappa shape index (κ2) is 18.4. The van der Waals surface area contributed by atoms with Crippen LogP contribution in [-0.4, -0.2) is 71.4 Å². The number of nitrogens with one attached hydrogen (secondary N) is 2. The zero-order valence-electron chi connectivity index (χ0n) is 31.5. The van der Waals surface area contributed by atoms with Crippen LogP contribution in [0.4, 0.5) is 17.6 Å². The van der Waals surface area contributed by atoms with E-state index in [9.17, 15) is 41.5 Å². The average Bonchev–Trinajstić information content (AvgIpc) is 3.52. The molecular weight excluding hydrogens is 748 g/mol. The first-order valence-electron chi connectivity index (χ1n) is 17.8. The highest BCUT2D eigenvalue weighted by atomic mass is 19.1. The number of carbonyl (C=O) groups is 5. The van der Waals surface area contributed by atoms with Gasteiger partial charge in [0.15, 0.2) is 0 Å². The molecule has 0 saturated carbocycles. The number of rotatable bonds is 15. The molecule has 4 aromatic carbocycles. The van der Waals surface area contributed by atoms with Gasteiger partial charge in [0.25, 0.3) is 5.91 Å². The van der Waals surface area contributed by atoms with E-state index in [1.54, 1.807) is 48.5 Å². The van der Waals surface area contributed by atoms with Crippen LogP contribution in [0, 0.1) is 23.3 Å². The van der Waals surface area contributed by atoms with Gasteiger partial charge >= 0.3 is 5.97 Å². The topological polar surface area (TPSA) is 136 Å². The number of hydrogen-bond acceptors (Lipinski definition) is 7. The van der Waals surface area contributed by atoms with Gasteiger partial charge < -0.3 is 25.0 Å². The van der Waals surface area contributed by atoms with E-state index in [0.29, 0.717) is 39.9 Å². The first-order chi connectivity index (χ1) is 27.1. The van der Waals surface area contributed by atoms with E-state index in [1.807, 2.05) is 0 Å². The number of halogens is 4. The van der Waals surface area contributed by atoms with Gasteiger partial charge in [-0.2, -0.15) is 0 Å². The molecule has 298 valence electrons. The van der Waals surface area contributed by atoms with Gasteiger partial charge in [-0.3, -0.25) is 23.7 Å². The second-order valence-corrected chi connectivity index (χ2v) is 13.4. The van der Waals surface area contributed by atoms with Gasteiger partial charge in [0.2, 0.25) is 17.7 Å². The molecule has 5 rings (SSSR count). The van der Waals surface area contributed by atoms with E-state index in [2.05, 4.69) is 10.6 Å². The van der Waals surface area contributed by atoms with E-state index in [-0.39, 0.29) is 30.5 Å². The third-order valence-corrected chi connectivity index (χ3v) is 9.16. The minimum Gasteiger partial charge on any atom is -0.497 e. The standard InChI is InChI=1S/C42H40F4N4O7/c1-24(47-38(51)17-27-13-30(43)20-31(44)14-27)40(53)49(22-26-9-11-34(56-3)12-10-26)37(42(55)57-4)19-29-23-50(36-8-6-5-7-35(29)36)41(54)25(2)48-39(52)18-28-15-32(45)21-33(46)16-28/h5-16,20-21,23-25,37H,17-19,22H2,1-4H3,(H,47,51)(H,48,52)/t24-,25-,37-/m0/s1. The van der Waals surface area contributed by atoms with Crippen molar-refractivity contribution in [2.24, 2.45) is 0 Å². The molecule has 15 heteroatoms. The minimum absolute atomic E-state index is 0.0500. The highest BCUT2D eigenvalue weighted by molar-refractivity contribution is 5.98. The van der Waals surface area contributed by atoms with E-state index in [4.69, 9.17) is 9.47 Å². The summed E-state index contributed by atoms with van der Waals surface area (Å²) < 4.78 is 66.7. The summed E-state index contributed by atoms with van der Waals surface area (Å²) in [6, 6.07) is 15.3. The monoisotopic (exact) mass is 788 g/mol. The van der Waals surface area contributed by atoms with Crippen LogP contribution in [0.5, 0.6) is 5.75 Å². The first-order valence-corrected chi connectivity index (χ1v) is 17.8. The lowest BCUT2D eigenvalue weighted by Gasteiger charge is -2.32. The number of amides is 3. The molecule has 5 aromatic rings. The molecule has 0 saturated heterocycles. The SMILES string of the molecule is COC(=O)[C@H](Cc1cn(C(=O)[C@H](C)NC(=O)Cc2cc(F)cc(F)c2)c2ccccc12)N(Cc1ccc(OC)cc1)C(=O)[C@H](C)NC(=O)Cc1cc(F)cc(F)c1. The van der Waals surface area contributed by atoms with Crippen LogP contribution in [0.15, 0.2) is 91.1 Å². The summed E-state index contributed by atoms with van der Waals surface area (Å²) in [7, 11) is 2.65. The molecule has 0 unspecified atom stereocenters. The van der Waals surface area contributed by atoms with Crippen molar-refractivity contribution in [2.75, 3.05) is 14.2 Å². The number of methoxy groups -OCH3 is 2. The Morgan fingerprint density at radius 3 is 1.75 bits per heavy atom. The van der Waals surface area contributed by atoms with Gasteiger partial charge in [-0.25, -0.2) is 22.4 Å². The Morgan fingerprint density at radius 1 is 0.702 bits per heavy atom. The van der Waals surface area contributed by atoms with Crippen molar-refractivity contribution in [2.45, 2.75) is 57.8 Å². The fraction of sp³-hybridized carbons (Fsp3) is 0.262. The smallest absolute Gasteiger partial charge is 0.328 e. The molecule has 57 heavy (non-hydrogen) atoms. The zero-order valence-corrected chi connectivity index (χ0v) is 31.5. The molecule has 3 amide bonds. The van der Waals surface area contributed by atoms with Crippen LogP contribution in [0.25, 0.3) is 10.9 Å². The predicted octanol–water partition coefficient (Wildman–Crippen LogP) is 5.45. The first kappa shape index (κ1) is 41.6. The summed E-state index contributed by atoms with van der Waals surface area (Å²) in [6.45, 7) is 2.73. The third kappa shape index (κ3) is 10.6.